The second-order valence-corrected chi connectivity index (χ2v) is 11.7. The maximum absolute atomic E-state index is 14.5. The number of amides is 2. The zero-order valence-electron chi connectivity index (χ0n) is 22.6. The van der Waals surface area contributed by atoms with E-state index in [4.69, 9.17) is 21.1 Å². The van der Waals surface area contributed by atoms with E-state index in [9.17, 15) is 26.7 Å². The van der Waals surface area contributed by atoms with Crippen molar-refractivity contribution in [2.45, 2.75) is 87.9 Å². The predicted molar refractivity (Wildman–Crippen MR) is 144 cm³/mol. The molecule has 5 rings (SSSR count). The van der Waals surface area contributed by atoms with E-state index in [0.29, 0.717) is 12.8 Å². The van der Waals surface area contributed by atoms with E-state index >= 15 is 0 Å². The summed E-state index contributed by atoms with van der Waals surface area (Å²) in [5, 5.41) is 9.10. The molecule has 1 aliphatic carbocycles. The molecule has 6 nitrogen and oxygen atoms in total. The van der Waals surface area contributed by atoms with Crippen LogP contribution in [-0.4, -0.2) is 36.6 Å². The summed E-state index contributed by atoms with van der Waals surface area (Å²) in [7, 11) is 0. The van der Waals surface area contributed by atoms with Gasteiger partial charge in [0.2, 0.25) is 0 Å². The number of urea groups is 1. The molecule has 3 N–H and O–H groups in total. The van der Waals surface area contributed by atoms with Crippen LogP contribution in [0.25, 0.3) is 0 Å². The Hall–Kier alpha value is -2.63. The van der Waals surface area contributed by atoms with Gasteiger partial charge >= 0.3 is 12.2 Å². The second-order valence-electron chi connectivity index (χ2n) is 11.2. The van der Waals surface area contributed by atoms with E-state index in [2.05, 4.69) is 16.0 Å². The Morgan fingerprint density at radius 3 is 2.44 bits per heavy atom. The number of hydrogen-bond donors (Lipinski definition) is 3. The number of alkyl halides is 3. The predicted octanol–water partition coefficient (Wildman–Crippen LogP) is 7.41. The molecule has 0 bridgehead atoms. The summed E-state index contributed by atoms with van der Waals surface area (Å²) in [5.74, 6) is -1.82. The lowest BCUT2D eigenvalue weighted by molar-refractivity contribution is -0.334. The average molecular weight is 602 g/mol. The lowest BCUT2D eigenvalue weighted by atomic mass is 9.69. The molecular weight excluding hydrogens is 569 g/mol. The van der Waals surface area contributed by atoms with Gasteiger partial charge in [-0.3, -0.25) is 5.32 Å². The third-order valence-corrected chi connectivity index (χ3v) is 8.87. The number of anilines is 1. The molecule has 224 valence electrons. The van der Waals surface area contributed by atoms with Gasteiger partial charge in [0.1, 0.15) is 17.4 Å². The van der Waals surface area contributed by atoms with Crippen LogP contribution in [-0.2, 0) is 10.3 Å². The first-order valence-electron chi connectivity index (χ1n) is 13.9. The summed E-state index contributed by atoms with van der Waals surface area (Å²) in [6, 6.07) is 6.13. The van der Waals surface area contributed by atoms with Crippen molar-refractivity contribution in [2.24, 2.45) is 5.92 Å². The largest absolute Gasteiger partial charge is 0.472 e. The zero-order valence-corrected chi connectivity index (χ0v) is 23.3. The molecule has 0 spiro atoms. The molecule has 3 fully saturated rings. The van der Waals surface area contributed by atoms with Crippen LogP contribution in [0.1, 0.15) is 63.9 Å². The molecule has 4 atom stereocenters. The summed E-state index contributed by atoms with van der Waals surface area (Å²) in [5.41, 5.74) is -4.26. The van der Waals surface area contributed by atoms with Crippen molar-refractivity contribution in [2.75, 3.05) is 11.9 Å². The summed E-state index contributed by atoms with van der Waals surface area (Å²) in [6.07, 6.45) is -0.649. The quantitative estimate of drug-likeness (QED) is 0.302. The van der Waals surface area contributed by atoms with E-state index in [1.54, 1.807) is 0 Å². The Balaban J connectivity index is 1.51. The minimum Gasteiger partial charge on any atom is -0.472 e. The van der Waals surface area contributed by atoms with Crippen LogP contribution < -0.4 is 20.7 Å². The first-order chi connectivity index (χ1) is 19.4. The van der Waals surface area contributed by atoms with Gasteiger partial charge < -0.3 is 20.1 Å². The summed E-state index contributed by atoms with van der Waals surface area (Å²) in [6.45, 7) is 1.80. The Bertz CT molecular complexity index is 1270. The zero-order chi connectivity index (χ0) is 29.4. The van der Waals surface area contributed by atoms with Gasteiger partial charge in [0.25, 0.3) is 0 Å². The molecule has 4 unspecified atom stereocenters. The minimum absolute atomic E-state index is 0.0737. The van der Waals surface area contributed by atoms with Gasteiger partial charge in [-0.15, -0.1) is 0 Å². The highest BCUT2D eigenvalue weighted by atomic mass is 35.5. The van der Waals surface area contributed by atoms with Gasteiger partial charge in [0, 0.05) is 23.0 Å². The van der Waals surface area contributed by atoms with Gasteiger partial charge in [-0.1, -0.05) is 30.9 Å². The third-order valence-electron chi connectivity index (χ3n) is 8.64. The van der Waals surface area contributed by atoms with Crippen LogP contribution in [0.15, 0.2) is 36.4 Å². The van der Waals surface area contributed by atoms with Crippen LogP contribution in [0.5, 0.6) is 5.75 Å². The average Bonchev–Trinajstić information content (AvgIpc) is 2.88. The highest BCUT2D eigenvalue weighted by Crippen LogP contribution is 2.53. The number of ether oxygens (including phenoxy) is 2. The van der Waals surface area contributed by atoms with E-state index in [0.717, 1.165) is 50.3 Å². The molecule has 12 heteroatoms. The van der Waals surface area contributed by atoms with Crippen molar-refractivity contribution < 1.29 is 36.2 Å². The highest BCUT2D eigenvalue weighted by Gasteiger charge is 2.63. The molecule has 41 heavy (non-hydrogen) atoms. The summed E-state index contributed by atoms with van der Waals surface area (Å²) >= 11 is 5.84. The third kappa shape index (κ3) is 5.85. The first kappa shape index (κ1) is 29.8. The monoisotopic (exact) mass is 601 g/mol. The number of benzene rings is 2. The lowest BCUT2D eigenvalue weighted by Gasteiger charge is -2.52. The molecular formula is C29H33ClF5N3O3. The first-order valence-corrected chi connectivity index (χ1v) is 14.3. The van der Waals surface area contributed by atoms with E-state index in [-0.39, 0.29) is 41.4 Å². The molecule has 2 amide bonds. The Morgan fingerprint density at radius 1 is 1.07 bits per heavy atom. The molecule has 2 heterocycles. The normalized spacial score (nSPS) is 29.0. The second kappa shape index (κ2) is 11.6. The SMILES string of the molecule is CC1CCC(NC(=O)Nc2ccc(Cl)cc2F)(C2CCCCC2)C(Oc2ccc(F)cc2C2(C(F)(F)F)CCO2)N1. The van der Waals surface area contributed by atoms with Crippen LogP contribution in [0.2, 0.25) is 5.02 Å². The molecule has 1 saturated carbocycles. The van der Waals surface area contributed by atoms with Crippen molar-refractivity contribution in [3.05, 3.63) is 58.6 Å². The van der Waals surface area contributed by atoms with E-state index in [1.165, 1.54) is 18.2 Å². The molecule has 2 aliphatic heterocycles. The number of halogens is 6. The topological polar surface area (TPSA) is 71.6 Å². The smallest absolute Gasteiger partial charge is 0.421 e. The molecule has 3 aliphatic rings. The van der Waals surface area contributed by atoms with E-state index < -0.39 is 46.8 Å². The number of rotatable bonds is 6. The Kier molecular flexibility index (Phi) is 8.42. The maximum atomic E-state index is 14.5. The van der Waals surface area contributed by atoms with Gasteiger partial charge in [0.05, 0.1) is 17.8 Å². The fourth-order valence-electron chi connectivity index (χ4n) is 6.38. The number of carbonyl (C=O) groups is 1. The highest BCUT2D eigenvalue weighted by molar-refractivity contribution is 6.30. The number of nitrogens with one attached hydrogen (secondary N) is 3. The Labute approximate surface area is 240 Å². The van der Waals surface area contributed by atoms with E-state index in [1.807, 2.05) is 6.92 Å². The van der Waals surface area contributed by atoms with Crippen LogP contribution in [0, 0.1) is 17.6 Å². The van der Waals surface area contributed by atoms with Crippen LogP contribution in [0.3, 0.4) is 0 Å². The standard InChI is InChI=1S/C29H33ClF5N3O3/c1-17-11-12-27(18-5-3-2-4-6-18,38-26(39)37-23-9-7-19(30)15-22(23)32)25(36-17)41-24-10-8-20(31)16-21(24)28(13-14-40-28)29(33,34)35/h7-10,15-18,25,36H,2-6,11-14H2,1H3,(H2,37,38,39). The van der Waals surface area contributed by atoms with Gasteiger partial charge in [-0.25, -0.2) is 13.6 Å². The number of piperidine rings is 1. The van der Waals surface area contributed by atoms with Crippen molar-refractivity contribution >= 4 is 23.3 Å². The number of carbonyl (C=O) groups excluding carboxylic acids is 1. The van der Waals surface area contributed by atoms with Gasteiger partial charge in [-0.05, 0) is 74.9 Å². The minimum atomic E-state index is -4.80. The molecule has 2 aromatic rings. The fourth-order valence-corrected chi connectivity index (χ4v) is 6.54. The number of hydrogen-bond acceptors (Lipinski definition) is 4. The molecule has 0 aromatic heterocycles. The summed E-state index contributed by atoms with van der Waals surface area (Å²) in [4.78, 5) is 13.4. The van der Waals surface area contributed by atoms with Crippen molar-refractivity contribution in [3.63, 3.8) is 0 Å². The fraction of sp³-hybridized carbons (Fsp3) is 0.552. The lowest BCUT2D eigenvalue weighted by Crippen LogP contribution is -2.71. The van der Waals surface area contributed by atoms with Crippen LogP contribution >= 0.6 is 11.6 Å². The molecule has 0 radical (unpaired) electrons. The van der Waals surface area contributed by atoms with Crippen LogP contribution in [0.4, 0.5) is 32.4 Å². The maximum Gasteiger partial charge on any atom is 0.421 e. The van der Waals surface area contributed by atoms with Gasteiger partial charge in [-0.2, -0.15) is 13.2 Å². The molecule has 2 aromatic carbocycles. The molecule has 2 saturated heterocycles. The summed E-state index contributed by atoms with van der Waals surface area (Å²) < 4.78 is 83.0. The van der Waals surface area contributed by atoms with Crippen molar-refractivity contribution in [1.82, 2.24) is 10.6 Å². The van der Waals surface area contributed by atoms with Gasteiger partial charge in [0.15, 0.2) is 11.8 Å². The van der Waals surface area contributed by atoms with Crippen molar-refractivity contribution in [3.8, 4) is 5.75 Å². The Morgan fingerprint density at radius 2 is 1.80 bits per heavy atom. The van der Waals surface area contributed by atoms with Crippen molar-refractivity contribution in [1.29, 1.82) is 0 Å².